The summed E-state index contributed by atoms with van der Waals surface area (Å²) in [6.07, 6.45) is 0.590. The van der Waals surface area contributed by atoms with Crippen LogP contribution in [0.2, 0.25) is 0 Å². The van der Waals surface area contributed by atoms with Crippen molar-refractivity contribution in [3.8, 4) is 0 Å². The van der Waals surface area contributed by atoms with Crippen LogP contribution in [0.4, 0.5) is 0 Å². The molecule has 0 spiro atoms. The molecule has 0 aliphatic carbocycles. The molecule has 1 aliphatic rings. The number of morpholine rings is 1. The van der Waals surface area contributed by atoms with Gasteiger partial charge in [0, 0.05) is 13.1 Å². The third-order valence-electron chi connectivity index (χ3n) is 3.13. The Morgan fingerprint density at radius 1 is 1.35 bits per heavy atom. The highest BCUT2D eigenvalue weighted by Crippen LogP contribution is 2.18. The predicted octanol–water partition coefficient (Wildman–Crippen LogP) is 1.66. The second-order valence-electron chi connectivity index (χ2n) is 4.97. The average molecular weight is 238 g/mol. The lowest BCUT2D eigenvalue weighted by Crippen LogP contribution is -2.44. The summed E-state index contributed by atoms with van der Waals surface area (Å²) in [5.41, 5.74) is 6.76. The molecule has 96 valence electrons. The first-order valence-corrected chi connectivity index (χ1v) is 6.24. The zero-order valence-electron chi connectivity index (χ0n) is 10.9. The van der Waals surface area contributed by atoms with Crippen LogP contribution in [0.1, 0.15) is 30.9 Å². The third kappa shape index (κ3) is 3.09. The summed E-state index contributed by atoms with van der Waals surface area (Å²) in [7, 11) is 0. The maximum absolute atomic E-state index is 5.73. The van der Waals surface area contributed by atoms with E-state index < -0.39 is 0 Å². The number of aryl methyl sites for hydroxylation is 1. The monoisotopic (exact) mass is 238 g/mol. The van der Waals surface area contributed by atoms with Gasteiger partial charge in [0.1, 0.15) is 11.5 Å². The summed E-state index contributed by atoms with van der Waals surface area (Å²) in [5.74, 6) is 1.90. The van der Waals surface area contributed by atoms with Gasteiger partial charge >= 0.3 is 0 Å². The zero-order valence-corrected chi connectivity index (χ0v) is 10.9. The summed E-state index contributed by atoms with van der Waals surface area (Å²) in [5, 5.41) is 0. The van der Waals surface area contributed by atoms with E-state index in [1.54, 1.807) is 0 Å². The van der Waals surface area contributed by atoms with Crippen LogP contribution in [-0.2, 0) is 17.8 Å². The van der Waals surface area contributed by atoms with Crippen molar-refractivity contribution in [1.29, 1.82) is 0 Å². The second-order valence-corrected chi connectivity index (χ2v) is 4.97. The van der Waals surface area contributed by atoms with E-state index >= 15 is 0 Å². The van der Waals surface area contributed by atoms with Gasteiger partial charge < -0.3 is 14.9 Å². The minimum atomic E-state index is 0.295. The van der Waals surface area contributed by atoms with Gasteiger partial charge in [0.15, 0.2) is 0 Å². The van der Waals surface area contributed by atoms with Crippen molar-refractivity contribution in [2.24, 2.45) is 5.73 Å². The van der Waals surface area contributed by atoms with E-state index in [0.717, 1.165) is 36.7 Å². The van der Waals surface area contributed by atoms with Crippen LogP contribution >= 0.6 is 0 Å². The van der Waals surface area contributed by atoms with E-state index in [-0.39, 0.29) is 0 Å². The van der Waals surface area contributed by atoms with Gasteiger partial charge in [-0.05, 0) is 32.4 Å². The first-order chi connectivity index (χ1) is 8.08. The molecule has 0 radical (unpaired) electrons. The Balaban J connectivity index is 1.99. The lowest BCUT2D eigenvalue weighted by molar-refractivity contribution is -0.0718. The molecule has 2 N–H and O–H groups in total. The maximum Gasteiger partial charge on any atom is 0.120 e. The van der Waals surface area contributed by atoms with Crippen molar-refractivity contribution in [3.63, 3.8) is 0 Å². The molecule has 2 heterocycles. The van der Waals surface area contributed by atoms with Gasteiger partial charge in [-0.1, -0.05) is 0 Å². The summed E-state index contributed by atoms with van der Waals surface area (Å²) < 4.78 is 11.4. The van der Waals surface area contributed by atoms with E-state index in [1.165, 1.54) is 0 Å². The van der Waals surface area contributed by atoms with Crippen molar-refractivity contribution in [2.45, 2.75) is 46.1 Å². The molecule has 1 aromatic heterocycles. The van der Waals surface area contributed by atoms with Crippen molar-refractivity contribution in [3.05, 3.63) is 23.2 Å². The lowest BCUT2D eigenvalue weighted by atomic mass is 10.2. The third-order valence-corrected chi connectivity index (χ3v) is 3.13. The Labute approximate surface area is 103 Å². The summed E-state index contributed by atoms with van der Waals surface area (Å²) in [4.78, 5) is 2.37. The zero-order chi connectivity index (χ0) is 12.4. The number of nitrogens with zero attached hydrogens (tertiary/aromatic N) is 1. The Bertz CT molecular complexity index is 365. The largest absolute Gasteiger partial charge is 0.463 e. The first-order valence-electron chi connectivity index (χ1n) is 6.24. The van der Waals surface area contributed by atoms with Crippen LogP contribution in [-0.4, -0.2) is 30.2 Å². The van der Waals surface area contributed by atoms with Gasteiger partial charge in [-0.3, -0.25) is 4.90 Å². The maximum atomic E-state index is 5.73. The Morgan fingerprint density at radius 3 is 2.53 bits per heavy atom. The molecular weight excluding hydrogens is 216 g/mol. The minimum absolute atomic E-state index is 0.295. The highest BCUT2D eigenvalue weighted by Gasteiger charge is 2.23. The molecule has 4 heteroatoms. The number of rotatable bonds is 3. The van der Waals surface area contributed by atoms with Crippen molar-refractivity contribution >= 4 is 0 Å². The highest BCUT2D eigenvalue weighted by atomic mass is 16.5. The lowest BCUT2D eigenvalue weighted by Gasteiger charge is -2.34. The quantitative estimate of drug-likeness (QED) is 0.870. The molecule has 0 aromatic carbocycles. The van der Waals surface area contributed by atoms with Gasteiger partial charge in [-0.15, -0.1) is 0 Å². The topological polar surface area (TPSA) is 51.6 Å². The fourth-order valence-corrected chi connectivity index (χ4v) is 2.50. The summed E-state index contributed by atoms with van der Waals surface area (Å²) in [6.45, 7) is 9.51. The average Bonchev–Trinajstić information content (AvgIpc) is 2.57. The molecule has 0 bridgehead atoms. The molecule has 2 atom stereocenters. The van der Waals surface area contributed by atoms with Crippen molar-refractivity contribution in [2.75, 3.05) is 13.1 Å². The Kier molecular flexibility index (Phi) is 3.86. The van der Waals surface area contributed by atoms with E-state index in [9.17, 15) is 0 Å². The van der Waals surface area contributed by atoms with Crippen LogP contribution in [0.5, 0.6) is 0 Å². The molecule has 4 nitrogen and oxygen atoms in total. The summed E-state index contributed by atoms with van der Waals surface area (Å²) in [6, 6.07) is 2.09. The molecule has 1 fully saturated rings. The number of nitrogens with two attached hydrogens (primary N) is 1. The molecule has 1 aromatic rings. The molecule has 1 saturated heterocycles. The first kappa shape index (κ1) is 12.6. The normalized spacial score (nSPS) is 26.4. The fourth-order valence-electron chi connectivity index (χ4n) is 2.50. The number of furan rings is 1. The molecular formula is C13H22N2O2. The molecule has 1 aliphatic heterocycles. The molecule has 0 saturated carbocycles. The Morgan fingerprint density at radius 2 is 2.00 bits per heavy atom. The van der Waals surface area contributed by atoms with E-state index in [1.807, 2.05) is 6.92 Å². The van der Waals surface area contributed by atoms with Gasteiger partial charge in [-0.25, -0.2) is 0 Å². The standard InChI is InChI=1S/C13H22N2O2/c1-9-4-12(17-13(9)5-14)8-15-6-10(2)16-11(3)7-15/h4,10-11H,5-8,14H2,1-3H3. The fraction of sp³-hybridized carbons (Fsp3) is 0.692. The highest BCUT2D eigenvalue weighted by molar-refractivity contribution is 5.19. The predicted molar refractivity (Wildman–Crippen MR) is 66.6 cm³/mol. The molecule has 2 rings (SSSR count). The van der Waals surface area contributed by atoms with Gasteiger partial charge in [0.25, 0.3) is 0 Å². The smallest absolute Gasteiger partial charge is 0.120 e. The minimum Gasteiger partial charge on any atom is -0.463 e. The Hall–Kier alpha value is -0.840. The SMILES string of the molecule is Cc1cc(CN2CC(C)OC(C)C2)oc1CN. The van der Waals surface area contributed by atoms with E-state index in [4.69, 9.17) is 14.9 Å². The number of hydrogen-bond acceptors (Lipinski definition) is 4. The molecule has 2 unspecified atom stereocenters. The number of ether oxygens (including phenoxy) is 1. The van der Waals surface area contributed by atoms with Crippen LogP contribution in [0, 0.1) is 6.92 Å². The van der Waals surface area contributed by atoms with Crippen LogP contribution in [0.3, 0.4) is 0 Å². The van der Waals surface area contributed by atoms with Gasteiger partial charge in [-0.2, -0.15) is 0 Å². The van der Waals surface area contributed by atoms with Crippen LogP contribution in [0.25, 0.3) is 0 Å². The van der Waals surface area contributed by atoms with Crippen molar-refractivity contribution < 1.29 is 9.15 Å². The van der Waals surface area contributed by atoms with Crippen LogP contribution in [0.15, 0.2) is 10.5 Å². The van der Waals surface area contributed by atoms with E-state index in [2.05, 4.69) is 24.8 Å². The number of hydrogen-bond donors (Lipinski definition) is 1. The summed E-state index contributed by atoms with van der Waals surface area (Å²) >= 11 is 0. The molecule has 0 amide bonds. The van der Waals surface area contributed by atoms with Crippen LogP contribution < -0.4 is 5.73 Å². The van der Waals surface area contributed by atoms with Gasteiger partial charge in [0.2, 0.25) is 0 Å². The van der Waals surface area contributed by atoms with Gasteiger partial charge in [0.05, 0.1) is 25.3 Å². The second kappa shape index (κ2) is 5.21. The van der Waals surface area contributed by atoms with E-state index in [0.29, 0.717) is 18.8 Å². The molecule has 17 heavy (non-hydrogen) atoms. The van der Waals surface area contributed by atoms with Crippen molar-refractivity contribution in [1.82, 2.24) is 4.90 Å².